The molecule has 5 aliphatic rings. The predicted octanol–water partition coefficient (Wildman–Crippen LogP) is 4.32. The highest BCUT2D eigenvalue weighted by molar-refractivity contribution is 7.80. The van der Waals surface area contributed by atoms with Gasteiger partial charge in [-0.1, -0.05) is 13.3 Å². The van der Waals surface area contributed by atoms with Crippen LogP contribution in [0.4, 0.5) is 5.82 Å². The number of aryl methyl sites for hydroxylation is 1. The van der Waals surface area contributed by atoms with Crippen molar-refractivity contribution < 1.29 is 19.8 Å². The molecule has 1 aliphatic heterocycles. The number of anilines is 1. The molecule has 8 heteroatoms. The molecule has 1 aromatic rings. The zero-order chi connectivity index (χ0) is 25.8. The van der Waals surface area contributed by atoms with Gasteiger partial charge in [0.15, 0.2) is 0 Å². The molecule has 3 unspecified atom stereocenters. The Morgan fingerprint density at radius 2 is 1.94 bits per heavy atom. The highest BCUT2D eigenvalue weighted by atomic mass is 32.1. The maximum absolute atomic E-state index is 13.6. The van der Waals surface area contributed by atoms with Crippen LogP contribution in [0.25, 0.3) is 0 Å². The van der Waals surface area contributed by atoms with Crippen molar-refractivity contribution in [1.29, 1.82) is 0 Å². The number of nitrogens with zero attached hydrogens (tertiary/aromatic N) is 2. The molecule has 3 N–H and O–H groups in total. The lowest BCUT2D eigenvalue weighted by molar-refractivity contribution is -0.150. The fraction of sp³-hybridized carbons (Fsp3) is 0.750. The van der Waals surface area contributed by atoms with Crippen LogP contribution in [-0.2, 0) is 11.2 Å². The van der Waals surface area contributed by atoms with Gasteiger partial charge in [-0.2, -0.15) is 0 Å². The van der Waals surface area contributed by atoms with Gasteiger partial charge in [-0.3, -0.25) is 9.59 Å². The van der Waals surface area contributed by atoms with Crippen LogP contribution < -0.4 is 10.2 Å². The Kier molecular flexibility index (Phi) is 6.82. The third-order valence-electron chi connectivity index (χ3n) is 9.62. The fourth-order valence-electron chi connectivity index (χ4n) is 7.77. The van der Waals surface area contributed by atoms with Gasteiger partial charge in [-0.15, -0.1) is 12.6 Å². The Labute approximate surface area is 219 Å². The van der Waals surface area contributed by atoms with Crippen LogP contribution in [-0.4, -0.2) is 51.8 Å². The molecule has 0 spiro atoms. The largest absolute Gasteiger partial charge is 0.481 e. The summed E-state index contributed by atoms with van der Waals surface area (Å²) in [5.74, 6) is 1.21. The number of carboxylic acids is 1. The summed E-state index contributed by atoms with van der Waals surface area (Å²) in [5.41, 5.74) is 0.0453. The number of aromatic nitrogens is 1. The molecule has 0 radical (unpaired) electrons. The van der Waals surface area contributed by atoms with E-state index in [-0.39, 0.29) is 17.9 Å². The van der Waals surface area contributed by atoms with Crippen molar-refractivity contribution in [3.8, 4) is 0 Å². The van der Waals surface area contributed by atoms with Crippen LogP contribution in [0.2, 0.25) is 0 Å². The van der Waals surface area contributed by atoms with Gasteiger partial charge in [0.2, 0.25) is 0 Å². The molecule has 0 aromatic carbocycles. The lowest BCUT2D eigenvalue weighted by atomic mass is 9.52. The number of hydrogen-bond donors (Lipinski definition) is 4. The summed E-state index contributed by atoms with van der Waals surface area (Å²) in [6.07, 6.45) is 8.07. The minimum Gasteiger partial charge on any atom is -0.481 e. The van der Waals surface area contributed by atoms with Crippen molar-refractivity contribution >= 4 is 30.3 Å². The SMILES string of the molecule is CCCc1nc(N2CCCC(C(C)(C)C(=O)O)C2)c(S)cc1C(=O)NC1C2CC3CC1CC(O)(C3)C2. The van der Waals surface area contributed by atoms with Crippen LogP contribution in [0.1, 0.15) is 88.2 Å². The number of nitrogens with one attached hydrogen (secondary N) is 1. The predicted molar refractivity (Wildman–Crippen MR) is 142 cm³/mol. The van der Waals surface area contributed by atoms with Crippen molar-refractivity contribution in [3.05, 3.63) is 17.3 Å². The van der Waals surface area contributed by atoms with Crippen molar-refractivity contribution in [2.24, 2.45) is 29.1 Å². The minimum atomic E-state index is -0.812. The van der Waals surface area contributed by atoms with Crippen molar-refractivity contribution in [1.82, 2.24) is 10.3 Å². The monoisotopic (exact) mass is 515 g/mol. The molecule has 3 atom stereocenters. The number of carbonyl (C=O) groups is 2. The first-order valence-corrected chi connectivity index (χ1v) is 14.2. The summed E-state index contributed by atoms with van der Waals surface area (Å²) >= 11 is 4.76. The molecular weight excluding hydrogens is 474 g/mol. The van der Waals surface area contributed by atoms with E-state index in [1.165, 1.54) is 0 Å². The zero-order valence-corrected chi connectivity index (χ0v) is 22.7. The number of carboxylic acid groups (broad SMARTS) is 1. The average molecular weight is 516 g/mol. The third-order valence-corrected chi connectivity index (χ3v) is 9.95. The average Bonchev–Trinajstić information content (AvgIpc) is 2.81. The van der Waals surface area contributed by atoms with Gasteiger partial charge in [-0.05, 0) is 95.0 Å². The summed E-state index contributed by atoms with van der Waals surface area (Å²) in [7, 11) is 0. The number of piperidine rings is 1. The van der Waals surface area contributed by atoms with E-state index >= 15 is 0 Å². The van der Waals surface area contributed by atoms with Gasteiger partial charge in [0.25, 0.3) is 5.91 Å². The van der Waals surface area contributed by atoms with E-state index in [4.69, 9.17) is 17.6 Å². The van der Waals surface area contributed by atoms with Gasteiger partial charge in [-0.25, -0.2) is 4.98 Å². The molecule has 7 nitrogen and oxygen atoms in total. The van der Waals surface area contributed by atoms with Crippen molar-refractivity contribution in [2.75, 3.05) is 18.0 Å². The standard InChI is InChI=1S/C28H41N3O4S/c1-4-6-21-20(25(32)30-23-17-9-16-10-18(23)14-28(35,12-16)13-17)11-22(36)24(29-21)31-8-5-7-19(15-31)27(2,3)26(33)34/h11,16-19,23,35-36H,4-10,12-15H2,1-3H3,(H,30,32)(H,33,34). The van der Waals surface area contributed by atoms with Crippen molar-refractivity contribution in [2.45, 2.75) is 95.1 Å². The maximum atomic E-state index is 13.6. The van der Waals surface area contributed by atoms with Gasteiger partial charge < -0.3 is 20.4 Å². The van der Waals surface area contributed by atoms with E-state index in [0.29, 0.717) is 41.2 Å². The first kappa shape index (κ1) is 25.8. The van der Waals surface area contributed by atoms with Gasteiger partial charge >= 0.3 is 5.97 Å². The van der Waals surface area contributed by atoms with Crippen LogP contribution in [0.3, 0.4) is 0 Å². The Balaban J connectivity index is 1.37. The molecule has 4 saturated carbocycles. The highest BCUT2D eigenvalue weighted by Gasteiger charge is 2.55. The molecule has 1 saturated heterocycles. The van der Waals surface area contributed by atoms with E-state index < -0.39 is 17.0 Å². The Morgan fingerprint density at radius 3 is 2.56 bits per heavy atom. The van der Waals surface area contributed by atoms with Crippen LogP contribution in [0, 0.1) is 29.1 Å². The first-order chi connectivity index (χ1) is 17.0. The maximum Gasteiger partial charge on any atom is 0.309 e. The minimum absolute atomic E-state index is 0.0163. The molecule has 1 aromatic heterocycles. The lowest BCUT2D eigenvalue weighted by Crippen LogP contribution is -2.61. The smallest absolute Gasteiger partial charge is 0.309 e. The second-order valence-electron chi connectivity index (χ2n) is 12.6. The number of carbonyl (C=O) groups excluding carboxylic acids is 1. The first-order valence-electron chi connectivity index (χ1n) is 13.7. The molecule has 6 rings (SSSR count). The molecule has 198 valence electrons. The van der Waals surface area contributed by atoms with Crippen LogP contribution in [0.5, 0.6) is 0 Å². The number of aliphatic carboxylic acids is 1. The summed E-state index contributed by atoms with van der Waals surface area (Å²) in [6.45, 7) is 7.11. The normalized spacial score (nSPS) is 33.6. The lowest BCUT2D eigenvalue weighted by Gasteiger charge is -2.58. The molecule has 36 heavy (non-hydrogen) atoms. The third kappa shape index (κ3) is 4.64. The Bertz CT molecular complexity index is 1030. The summed E-state index contributed by atoms with van der Waals surface area (Å²) in [6, 6.07) is 1.98. The zero-order valence-electron chi connectivity index (χ0n) is 21.8. The van der Waals surface area contributed by atoms with E-state index in [2.05, 4.69) is 17.1 Å². The number of rotatable bonds is 7. The number of thiol groups is 1. The molecule has 2 heterocycles. The van der Waals surface area contributed by atoms with E-state index in [1.807, 2.05) is 6.07 Å². The van der Waals surface area contributed by atoms with E-state index in [9.17, 15) is 19.8 Å². The van der Waals surface area contributed by atoms with Crippen molar-refractivity contribution in [3.63, 3.8) is 0 Å². The summed E-state index contributed by atoms with van der Waals surface area (Å²) in [5, 5.41) is 24.0. The van der Waals surface area contributed by atoms with Gasteiger partial charge in [0.05, 0.1) is 22.3 Å². The second-order valence-corrected chi connectivity index (χ2v) is 13.1. The molecule has 4 aliphatic carbocycles. The fourth-order valence-corrected chi connectivity index (χ4v) is 8.09. The van der Waals surface area contributed by atoms with E-state index in [1.54, 1.807) is 13.8 Å². The summed E-state index contributed by atoms with van der Waals surface area (Å²) < 4.78 is 0. The summed E-state index contributed by atoms with van der Waals surface area (Å²) in [4.78, 5) is 33.2. The quantitative estimate of drug-likeness (QED) is 0.404. The second kappa shape index (κ2) is 9.50. The van der Waals surface area contributed by atoms with Gasteiger partial charge in [0.1, 0.15) is 5.82 Å². The molecule has 5 fully saturated rings. The van der Waals surface area contributed by atoms with Gasteiger partial charge in [0, 0.05) is 24.0 Å². The Morgan fingerprint density at radius 1 is 1.25 bits per heavy atom. The highest BCUT2D eigenvalue weighted by Crippen LogP contribution is 2.55. The number of hydrogen-bond acceptors (Lipinski definition) is 6. The van der Waals surface area contributed by atoms with Crippen LogP contribution in [0.15, 0.2) is 11.0 Å². The topological polar surface area (TPSA) is 103 Å². The molecule has 1 amide bonds. The molecular formula is C28H41N3O4S. The Hall–Kier alpha value is -1.80. The number of aliphatic hydroxyl groups is 1. The number of pyridine rings is 1. The number of amides is 1. The molecule has 4 bridgehead atoms. The van der Waals surface area contributed by atoms with E-state index in [0.717, 1.165) is 69.4 Å². The van der Waals surface area contributed by atoms with Crippen LogP contribution >= 0.6 is 12.6 Å².